The van der Waals surface area contributed by atoms with Gasteiger partial charge in [0.25, 0.3) is 5.91 Å². The van der Waals surface area contributed by atoms with Crippen LogP contribution in [-0.4, -0.2) is 66.0 Å². The molecule has 308 valence electrons. The monoisotopic (exact) mass is 842 g/mol. The van der Waals surface area contributed by atoms with Crippen molar-refractivity contribution in [1.29, 1.82) is 0 Å². The second kappa shape index (κ2) is 19.5. The zero-order valence-electron chi connectivity index (χ0n) is 34.0. The molecule has 2 heterocycles. The molecule has 0 aliphatic carbocycles. The lowest BCUT2D eigenvalue weighted by atomic mass is 10.0. The molecule has 0 spiro atoms. The molecule has 0 radical (unpaired) electrons. The van der Waals surface area contributed by atoms with E-state index in [0.717, 1.165) is 25.4 Å². The van der Waals surface area contributed by atoms with Crippen molar-refractivity contribution in [2.45, 2.75) is 52.1 Å². The Kier molecular flexibility index (Phi) is 13.8. The van der Waals surface area contributed by atoms with E-state index in [1.807, 2.05) is 4.90 Å². The van der Waals surface area contributed by atoms with Crippen LogP contribution >= 0.6 is 18.9 Å². The van der Waals surface area contributed by atoms with Gasteiger partial charge in [0, 0.05) is 73.4 Å². The van der Waals surface area contributed by atoms with Gasteiger partial charge < -0.3 is 24.3 Å². The molecule has 5 aromatic carbocycles. The number of hydrogen-bond donors (Lipinski definition) is 1. The minimum Gasteiger partial charge on any atom is -0.481 e. The van der Waals surface area contributed by atoms with Crippen LogP contribution in [0.4, 0.5) is 5.69 Å². The number of fused-ring (bicyclic) bond motifs is 1. The van der Waals surface area contributed by atoms with Crippen molar-refractivity contribution in [3.63, 3.8) is 0 Å². The number of nitrogens with zero attached hydrogens (tertiary/aromatic N) is 2. The van der Waals surface area contributed by atoms with Crippen molar-refractivity contribution >= 4 is 69.2 Å². The normalized spacial score (nSPS) is 13.5. The summed E-state index contributed by atoms with van der Waals surface area (Å²) >= 11 is 6.61. The minimum absolute atomic E-state index is 0.124. The summed E-state index contributed by atoms with van der Waals surface area (Å²) in [5.41, 5.74) is 1.45. The van der Waals surface area contributed by atoms with E-state index in [1.165, 1.54) is 22.0 Å². The van der Waals surface area contributed by atoms with Crippen LogP contribution in [-0.2, 0) is 14.4 Å². The van der Waals surface area contributed by atoms with Crippen LogP contribution in [0.1, 0.15) is 46.0 Å². The number of amides is 3. The first-order valence-corrected chi connectivity index (χ1v) is 23.0. The lowest BCUT2D eigenvalue weighted by Crippen LogP contribution is -2.53. The Bertz CT molecular complexity index is 2390. The molecule has 1 aromatic heterocycles. The van der Waals surface area contributed by atoms with Crippen LogP contribution < -0.4 is 31.6 Å². The highest BCUT2D eigenvalue weighted by molar-refractivity contribution is 7.95. The van der Waals surface area contributed by atoms with Gasteiger partial charge >= 0.3 is 5.63 Å². The van der Waals surface area contributed by atoms with Crippen molar-refractivity contribution < 1.29 is 23.5 Å². The molecule has 1 aliphatic rings. The van der Waals surface area contributed by atoms with Crippen molar-refractivity contribution in [2.24, 2.45) is 0 Å². The van der Waals surface area contributed by atoms with Crippen LogP contribution in [0.5, 0.6) is 5.75 Å². The van der Waals surface area contributed by atoms with E-state index in [0.29, 0.717) is 72.0 Å². The molecule has 3 amide bonds. The number of carbonyl (C=O) groups is 3. The van der Waals surface area contributed by atoms with E-state index >= 15 is 0 Å². The summed E-state index contributed by atoms with van der Waals surface area (Å²) in [6.45, 7) is 5.25. The van der Waals surface area contributed by atoms with E-state index in [1.54, 1.807) is 55.1 Å². The zero-order valence-corrected chi connectivity index (χ0v) is 35.7. The number of benzene rings is 5. The van der Waals surface area contributed by atoms with Gasteiger partial charge in [0.15, 0.2) is 6.10 Å². The summed E-state index contributed by atoms with van der Waals surface area (Å²) in [6.07, 6.45) is 3.81. The summed E-state index contributed by atoms with van der Waals surface area (Å²) < 4.78 is 11.6. The lowest BCUT2D eigenvalue weighted by Gasteiger charge is -2.36. The number of anilines is 1. The Morgan fingerprint density at radius 3 is 1.92 bits per heavy atom. The fourth-order valence-corrected chi connectivity index (χ4v) is 12.7. The highest BCUT2D eigenvalue weighted by atomic mass is 35.5. The van der Waals surface area contributed by atoms with Crippen molar-refractivity contribution in [2.75, 3.05) is 37.7 Å². The number of piperazine rings is 1. The molecule has 0 unspecified atom stereocenters. The summed E-state index contributed by atoms with van der Waals surface area (Å²) in [4.78, 5) is 55.0. The number of nitrogens with one attached hydrogen (secondary N) is 1. The Morgan fingerprint density at radius 1 is 0.733 bits per heavy atom. The number of unbranched alkanes of at least 4 members (excludes halogenated alkanes) is 2. The third-order valence-electron chi connectivity index (χ3n) is 11.2. The second-order valence-corrected chi connectivity index (χ2v) is 19.1. The van der Waals surface area contributed by atoms with E-state index in [2.05, 4.69) is 96.3 Å². The minimum atomic E-state index is -1.90. The molecule has 60 heavy (non-hydrogen) atoms. The first kappa shape index (κ1) is 42.4. The van der Waals surface area contributed by atoms with Gasteiger partial charge in [-0.1, -0.05) is 79.2 Å². The average Bonchev–Trinajstić information content (AvgIpc) is 3.28. The van der Waals surface area contributed by atoms with Gasteiger partial charge in [-0.05, 0) is 86.8 Å². The van der Waals surface area contributed by atoms with Crippen LogP contribution in [0.25, 0.3) is 22.1 Å². The smallest absolute Gasteiger partial charge is 0.336 e. The second-order valence-electron chi connectivity index (χ2n) is 15.1. The van der Waals surface area contributed by atoms with Crippen LogP contribution in [0.3, 0.4) is 0 Å². The molecule has 7 rings (SSSR count). The fraction of sp³-hybridized carbons (Fsp3) is 0.265. The van der Waals surface area contributed by atoms with Crippen LogP contribution in [0.2, 0.25) is 5.02 Å². The Balaban J connectivity index is 0.916. The van der Waals surface area contributed by atoms with E-state index in [4.69, 9.17) is 20.8 Å². The summed E-state index contributed by atoms with van der Waals surface area (Å²) in [5, 5.41) is 7.89. The predicted octanol–water partition coefficient (Wildman–Crippen LogP) is 8.45. The number of rotatable bonds is 15. The van der Waals surface area contributed by atoms with Crippen LogP contribution in [0.15, 0.2) is 143 Å². The maximum atomic E-state index is 13.5. The third-order valence-corrected chi connectivity index (χ3v) is 16.0. The van der Waals surface area contributed by atoms with Crippen molar-refractivity contribution in [3.05, 3.63) is 149 Å². The first-order chi connectivity index (χ1) is 29.2. The maximum absolute atomic E-state index is 13.5. The van der Waals surface area contributed by atoms with E-state index in [9.17, 15) is 19.2 Å². The molecule has 11 heteroatoms. The van der Waals surface area contributed by atoms with E-state index in [-0.39, 0.29) is 23.3 Å². The van der Waals surface area contributed by atoms with Gasteiger partial charge in [0.2, 0.25) is 11.8 Å². The van der Waals surface area contributed by atoms with Crippen molar-refractivity contribution in [1.82, 2.24) is 9.80 Å². The molecular formula is C49H50ClN3O6P+. The molecule has 1 fully saturated rings. The first-order valence-electron chi connectivity index (χ1n) is 20.6. The summed E-state index contributed by atoms with van der Waals surface area (Å²) in [7, 11) is -1.90. The largest absolute Gasteiger partial charge is 0.481 e. The number of ether oxygens (including phenoxy) is 1. The standard InChI is InChI=1S/C49H49ClN3O6P/c1-3-46(54)51-36-23-25-41(44(50)32-36)43-34-48(56)59-45-33-37(24-26-42(43)45)58-35(2)49(57)53-29-27-52(28-30-53)47(55)22-14-7-15-31-60(38-16-8-4-9-17-38,39-18-10-5-11-19-39)40-20-12-6-13-21-40/h4-6,8-13,16-21,23-26,32-35H,3,7,14-15,22,27-31H2,1-2H3/p+1/t35-/m1/s1. The highest BCUT2D eigenvalue weighted by Crippen LogP contribution is 2.56. The molecular weight excluding hydrogens is 793 g/mol. The predicted molar refractivity (Wildman–Crippen MR) is 244 cm³/mol. The third kappa shape index (κ3) is 9.65. The van der Waals surface area contributed by atoms with Crippen LogP contribution in [0, 0.1) is 0 Å². The number of halogens is 1. The molecule has 6 aromatic rings. The molecule has 1 saturated heterocycles. The zero-order chi connectivity index (χ0) is 42.1. The van der Waals surface area contributed by atoms with Gasteiger partial charge in [-0.3, -0.25) is 14.4 Å². The number of hydrogen-bond acceptors (Lipinski definition) is 6. The summed E-state index contributed by atoms with van der Waals surface area (Å²) in [6, 6.07) is 44.2. The topological polar surface area (TPSA) is 109 Å². The molecule has 1 atom stereocenters. The molecule has 9 nitrogen and oxygen atoms in total. The quantitative estimate of drug-likeness (QED) is 0.0632. The fourth-order valence-electron chi connectivity index (χ4n) is 8.03. The van der Waals surface area contributed by atoms with Gasteiger partial charge in [0.05, 0.1) is 11.2 Å². The Morgan fingerprint density at radius 2 is 1.33 bits per heavy atom. The summed E-state index contributed by atoms with van der Waals surface area (Å²) in [5.74, 6) is 0.183. The lowest BCUT2D eigenvalue weighted by molar-refractivity contribution is -0.143. The highest BCUT2D eigenvalue weighted by Gasteiger charge is 2.44. The van der Waals surface area contributed by atoms with Gasteiger partial charge in [-0.15, -0.1) is 0 Å². The SMILES string of the molecule is CCC(=O)Nc1ccc(-c2cc(=O)oc3cc(O[C@H](C)C(=O)N4CCN(C(=O)CCCCC[P+](c5ccccc5)(c5ccccc5)c5ccccc5)CC4)ccc23)c(Cl)c1. The Labute approximate surface area is 356 Å². The van der Waals surface area contributed by atoms with Gasteiger partial charge in [-0.2, -0.15) is 0 Å². The van der Waals surface area contributed by atoms with Gasteiger partial charge in [-0.25, -0.2) is 4.79 Å². The Hall–Kier alpha value is -5.76. The molecule has 1 N–H and O–H groups in total. The van der Waals surface area contributed by atoms with E-state index < -0.39 is 19.0 Å². The van der Waals surface area contributed by atoms with Gasteiger partial charge in [0.1, 0.15) is 34.5 Å². The maximum Gasteiger partial charge on any atom is 0.336 e. The molecule has 1 aliphatic heterocycles. The average molecular weight is 843 g/mol. The molecule has 0 saturated carbocycles. The molecule has 0 bridgehead atoms. The number of carbonyl (C=O) groups excluding carboxylic acids is 3. The van der Waals surface area contributed by atoms with Crippen molar-refractivity contribution in [3.8, 4) is 16.9 Å².